The van der Waals surface area contributed by atoms with Crippen molar-refractivity contribution in [3.8, 4) is 22.5 Å². The second-order valence-corrected chi connectivity index (χ2v) is 8.89. The zero-order chi connectivity index (χ0) is 24.6. The number of tetrazole rings is 1. The Labute approximate surface area is 210 Å². The number of nitrogens with zero attached hydrogens (tertiary/aromatic N) is 7. The standard InChI is InChI=1S/C28H30N8/c1-2-3-7-18-36-27(30-26(33-36)15-12-21-8-5-4-6-9-21)19-22-10-13-23(14-11-22)24-16-17-29-20-25(24)28-31-34-35-32-28/h4-6,8-11,13-14,16-17,20H,2-3,7,12,15,18-19H2,1H3,(H,31,32,34,35). The van der Waals surface area contributed by atoms with E-state index in [4.69, 9.17) is 10.1 Å². The third kappa shape index (κ3) is 5.71. The molecule has 1 N–H and O–H groups in total. The first-order valence-electron chi connectivity index (χ1n) is 12.5. The van der Waals surface area contributed by atoms with Crippen LogP contribution in [0.5, 0.6) is 0 Å². The van der Waals surface area contributed by atoms with Crippen molar-refractivity contribution in [3.63, 3.8) is 0 Å². The van der Waals surface area contributed by atoms with Gasteiger partial charge in [0.2, 0.25) is 5.82 Å². The average molecular weight is 479 g/mol. The fraction of sp³-hybridized carbons (Fsp3) is 0.286. The summed E-state index contributed by atoms with van der Waals surface area (Å²) in [7, 11) is 0. The van der Waals surface area contributed by atoms with Gasteiger partial charge in [0.15, 0.2) is 5.82 Å². The molecule has 0 bridgehead atoms. The van der Waals surface area contributed by atoms with Crippen LogP contribution in [0.15, 0.2) is 73.1 Å². The van der Waals surface area contributed by atoms with E-state index in [9.17, 15) is 0 Å². The second-order valence-electron chi connectivity index (χ2n) is 8.89. The van der Waals surface area contributed by atoms with Crippen LogP contribution >= 0.6 is 0 Å². The first-order valence-corrected chi connectivity index (χ1v) is 12.5. The number of nitrogens with one attached hydrogen (secondary N) is 1. The van der Waals surface area contributed by atoms with Gasteiger partial charge in [-0.25, -0.2) is 9.67 Å². The fourth-order valence-electron chi connectivity index (χ4n) is 4.34. The van der Waals surface area contributed by atoms with E-state index in [1.54, 1.807) is 12.4 Å². The molecule has 0 aliphatic rings. The summed E-state index contributed by atoms with van der Waals surface area (Å²) in [6.07, 6.45) is 9.59. The van der Waals surface area contributed by atoms with Crippen molar-refractivity contribution in [2.24, 2.45) is 0 Å². The van der Waals surface area contributed by atoms with E-state index in [2.05, 4.69) is 85.7 Å². The molecule has 182 valence electrons. The highest BCUT2D eigenvalue weighted by Crippen LogP contribution is 2.29. The van der Waals surface area contributed by atoms with Crippen LogP contribution in [0.25, 0.3) is 22.5 Å². The Balaban J connectivity index is 1.33. The Hall–Kier alpha value is -4.20. The molecule has 5 aromatic rings. The molecule has 0 aliphatic carbocycles. The van der Waals surface area contributed by atoms with Gasteiger partial charge in [-0.05, 0) is 46.4 Å². The smallest absolute Gasteiger partial charge is 0.206 e. The topological polar surface area (TPSA) is 98.1 Å². The van der Waals surface area contributed by atoms with Gasteiger partial charge in [0.05, 0.1) is 0 Å². The average Bonchev–Trinajstić information content (AvgIpc) is 3.59. The highest BCUT2D eigenvalue weighted by molar-refractivity contribution is 5.79. The lowest BCUT2D eigenvalue weighted by Crippen LogP contribution is -2.07. The van der Waals surface area contributed by atoms with E-state index in [1.165, 1.54) is 24.0 Å². The maximum Gasteiger partial charge on any atom is 0.206 e. The summed E-state index contributed by atoms with van der Waals surface area (Å²) in [6, 6.07) is 21.1. The third-order valence-electron chi connectivity index (χ3n) is 6.28. The Morgan fingerprint density at radius 2 is 1.72 bits per heavy atom. The Bertz CT molecular complexity index is 1360. The molecule has 5 rings (SSSR count). The van der Waals surface area contributed by atoms with Gasteiger partial charge in [-0.15, -0.1) is 10.2 Å². The highest BCUT2D eigenvalue weighted by Gasteiger charge is 2.13. The number of H-pyrrole nitrogens is 1. The fourth-order valence-corrected chi connectivity index (χ4v) is 4.34. The molecule has 0 fully saturated rings. The minimum atomic E-state index is 0.533. The second kappa shape index (κ2) is 11.5. The van der Waals surface area contributed by atoms with Gasteiger partial charge >= 0.3 is 0 Å². The van der Waals surface area contributed by atoms with Crippen molar-refractivity contribution >= 4 is 0 Å². The summed E-state index contributed by atoms with van der Waals surface area (Å²) >= 11 is 0. The Kier molecular flexibility index (Phi) is 7.51. The molecule has 36 heavy (non-hydrogen) atoms. The quantitative estimate of drug-likeness (QED) is 0.266. The van der Waals surface area contributed by atoms with E-state index >= 15 is 0 Å². The van der Waals surface area contributed by atoms with Gasteiger partial charge in [0, 0.05) is 37.3 Å². The van der Waals surface area contributed by atoms with Crippen LogP contribution < -0.4 is 0 Å². The van der Waals surface area contributed by atoms with E-state index in [0.29, 0.717) is 5.82 Å². The van der Waals surface area contributed by atoms with E-state index in [0.717, 1.165) is 60.6 Å². The lowest BCUT2D eigenvalue weighted by molar-refractivity contribution is 0.531. The molecule has 8 heteroatoms. The molecular formula is C28H30N8. The van der Waals surface area contributed by atoms with Crippen LogP contribution in [-0.2, 0) is 25.8 Å². The molecule has 2 aromatic carbocycles. The summed E-state index contributed by atoms with van der Waals surface area (Å²) in [4.78, 5) is 9.18. The number of unbranched alkanes of at least 4 members (excludes halogenated alkanes) is 2. The molecule has 8 nitrogen and oxygen atoms in total. The number of benzene rings is 2. The minimum absolute atomic E-state index is 0.533. The van der Waals surface area contributed by atoms with E-state index in [-0.39, 0.29) is 0 Å². The van der Waals surface area contributed by atoms with Gasteiger partial charge in [-0.1, -0.05) is 74.4 Å². The lowest BCUT2D eigenvalue weighted by Gasteiger charge is -2.08. The number of hydrogen-bond donors (Lipinski definition) is 1. The van der Waals surface area contributed by atoms with Crippen molar-refractivity contribution in [3.05, 3.63) is 95.8 Å². The largest absolute Gasteiger partial charge is 0.264 e. The van der Waals surface area contributed by atoms with Gasteiger partial charge in [0.25, 0.3) is 0 Å². The molecule has 0 spiro atoms. The summed E-state index contributed by atoms with van der Waals surface area (Å²) in [6.45, 7) is 3.13. The van der Waals surface area contributed by atoms with Crippen LogP contribution in [0.4, 0.5) is 0 Å². The van der Waals surface area contributed by atoms with Crippen molar-refractivity contribution < 1.29 is 0 Å². The predicted octanol–water partition coefficient (Wildman–Crippen LogP) is 5.09. The lowest BCUT2D eigenvalue weighted by atomic mass is 9.99. The van der Waals surface area contributed by atoms with Crippen LogP contribution in [0, 0.1) is 0 Å². The first-order chi connectivity index (χ1) is 17.8. The van der Waals surface area contributed by atoms with Crippen LogP contribution in [0.2, 0.25) is 0 Å². The Morgan fingerprint density at radius 3 is 2.50 bits per heavy atom. The first kappa shape index (κ1) is 23.5. The van der Waals surface area contributed by atoms with Gasteiger partial charge < -0.3 is 0 Å². The molecule has 3 heterocycles. The molecule has 0 aliphatic heterocycles. The van der Waals surface area contributed by atoms with Crippen molar-refractivity contribution in [1.82, 2.24) is 40.4 Å². The SMILES string of the molecule is CCCCCn1nc(CCc2ccccc2)nc1Cc1ccc(-c2ccncc2-c2nn[nH]n2)cc1. The molecule has 0 saturated carbocycles. The van der Waals surface area contributed by atoms with Crippen LogP contribution in [0.1, 0.15) is 49.0 Å². The molecule has 3 aromatic heterocycles. The summed E-state index contributed by atoms with van der Waals surface area (Å²) in [5.74, 6) is 2.48. The molecule has 0 radical (unpaired) electrons. The van der Waals surface area contributed by atoms with Gasteiger partial charge in [0.1, 0.15) is 5.82 Å². The number of aromatic amines is 1. The zero-order valence-electron chi connectivity index (χ0n) is 20.5. The number of pyridine rings is 1. The van der Waals surface area contributed by atoms with Crippen molar-refractivity contribution in [2.75, 3.05) is 0 Å². The summed E-state index contributed by atoms with van der Waals surface area (Å²) in [5.41, 5.74) is 5.46. The van der Waals surface area contributed by atoms with Crippen LogP contribution in [0.3, 0.4) is 0 Å². The van der Waals surface area contributed by atoms with Crippen LogP contribution in [-0.4, -0.2) is 40.4 Å². The predicted molar refractivity (Wildman–Crippen MR) is 139 cm³/mol. The summed E-state index contributed by atoms with van der Waals surface area (Å²) < 4.78 is 2.11. The molecule has 0 amide bonds. The number of aryl methyl sites for hydroxylation is 3. The molecule has 0 unspecified atom stereocenters. The maximum atomic E-state index is 4.94. The third-order valence-corrected chi connectivity index (χ3v) is 6.28. The van der Waals surface area contributed by atoms with Crippen molar-refractivity contribution in [2.45, 2.75) is 52.0 Å². The van der Waals surface area contributed by atoms with Crippen molar-refractivity contribution in [1.29, 1.82) is 0 Å². The van der Waals surface area contributed by atoms with Gasteiger partial charge in [-0.3, -0.25) is 4.98 Å². The highest BCUT2D eigenvalue weighted by atomic mass is 15.5. The minimum Gasteiger partial charge on any atom is -0.264 e. The summed E-state index contributed by atoms with van der Waals surface area (Å²) in [5, 5.41) is 19.3. The molecule has 0 atom stereocenters. The van der Waals surface area contributed by atoms with E-state index < -0.39 is 0 Å². The zero-order valence-corrected chi connectivity index (χ0v) is 20.5. The van der Waals surface area contributed by atoms with Gasteiger partial charge in [-0.2, -0.15) is 10.3 Å². The normalized spacial score (nSPS) is 11.1. The number of aromatic nitrogens is 8. The molecular weight excluding hydrogens is 448 g/mol. The number of rotatable bonds is 11. The molecule has 0 saturated heterocycles. The number of hydrogen-bond acceptors (Lipinski definition) is 6. The maximum absolute atomic E-state index is 4.94. The Morgan fingerprint density at radius 1 is 0.861 bits per heavy atom. The van der Waals surface area contributed by atoms with E-state index in [1.807, 2.05) is 12.1 Å². The monoisotopic (exact) mass is 478 g/mol.